The summed E-state index contributed by atoms with van der Waals surface area (Å²) in [5, 5.41) is 1.98. The molecule has 0 saturated carbocycles. The minimum Gasteiger partial charge on any atom is -0.397 e. The third-order valence-corrected chi connectivity index (χ3v) is 2.93. The molecule has 84 valence electrons. The average Bonchev–Trinajstić information content (AvgIpc) is 2.32. The van der Waals surface area contributed by atoms with Crippen LogP contribution in [-0.2, 0) is 0 Å². The number of aryl methyl sites for hydroxylation is 1. The zero-order valence-electron chi connectivity index (χ0n) is 9.44. The molecule has 0 saturated heterocycles. The number of para-hydroxylation sites is 1. The number of fused-ring (bicyclic) bond motifs is 3. The van der Waals surface area contributed by atoms with Crippen molar-refractivity contribution in [2.24, 2.45) is 0 Å². The lowest BCUT2D eigenvalue weighted by Gasteiger charge is -2.08. The Balaban J connectivity index is 2.60. The summed E-state index contributed by atoms with van der Waals surface area (Å²) in [6.45, 7) is 1.86. The standard InChI is InChI=1S/C13H12N4/c1-7-10(14)6-9-8-4-2-3-5-11(8)17-13(15)12(9)16-7/h2-6H,14H2,1H3,(H2,15,17). The van der Waals surface area contributed by atoms with Crippen molar-refractivity contribution in [3.63, 3.8) is 0 Å². The van der Waals surface area contributed by atoms with Gasteiger partial charge in [0.15, 0.2) is 5.82 Å². The molecule has 0 aliphatic carbocycles. The Morgan fingerprint density at radius 2 is 1.76 bits per heavy atom. The lowest BCUT2D eigenvalue weighted by Crippen LogP contribution is -1.99. The summed E-state index contributed by atoms with van der Waals surface area (Å²) in [7, 11) is 0. The average molecular weight is 224 g/mol. The summed E-state index contributed by atoms with van der Waals surface area (Å²) < 4.78 is 0. The lowest BCUT2D eigenvalue weighted by molar-refractivity contribution is 1.25. The second kappa shape index (κ2) is 3.31. The molecule has 3 aromatic rings. The Morgan fingerprint density at radius 1 is 1.00 bits per heavy atom. The molecule has 3 rings (SSSR count). The predicted molar refractivity (Wildman–Crippen MR) is 70.6 cm³/mol. The van der Waals surface area contributed by atoms with Crippen LogP contribution in [0.2, 0.25) is 0 Å². The molecule has 0 aliphatic rings. The van der Waals surface area contributed by atoms with Crippen LogP contribution < -0.4 is 11.5 Å². The van der Waals surface area contributed by atoms with Crippen LogP contribution in [0.4, 0.5) is 11.5 Å². The van der Waals surface area contributed by atoms with Crippen LogP contribution in [0.25, 0.3) is 21.8 Å². The molecule has 4 N–H and O–H groups in total. The number of hydrogen-bond acceptors (Lipinski definition) is 4. The second-order valence-corrected chi connectivity index (χ2v) is 4.07. The van der Waals surface area contributed by atoms with E-state index in [1.807, 2.05) is 37.3 Å². The monoisotopic (exact) mass is 224 g/mol. The second-order valence-electron chi connectivity index (χ2n) is 4.07. The maximum Gasteiger partial charge on any atom is 0.150 e. The van der Waals surface area contributed by atoms with E-state index in [0.29, 0.717) is 11.5 Å². The van der Waals surface area contributed by atoms with Gasteiger partial charge in [-0.2, -0.15) is 0 Å². The van der Waals surface area contributed by atoms with Gasteiger partial charge in [-0.15, -0.1) is 0 Å². The molecule has 0 radical (unpaired) electrons. The fourth-order valence-corrected chi connectivity index (χ4v) is 2.00. The van der Waals surface area contributed by atoms with E-state index >= 15 is 0 Å². The van der Waals surface area contributed by atoms with Crippen LogP contribution in [0.1, 0.15) is 5.69 Å². The van der Waals surface area contributed by atoms with Crippen molar-refractivity contribution in [1.29, 1.82) is 0 Å². The summed E-state index contributed by atoms with van der Waals surface area (Å²) in [5.74, 6) is 0.446. The smallest absolute Gasteiger partial charge is 0.150 e. The molecule has 0 bridgehead atoms. The number of nitrogens with zero attached hydrogens (tertiary/aromatic N) is 2. The molecule has 0 unspecified atom stereocenters. The zero-order chi connectivity index (χ0) is 12.0. The normalized spacial score (nSPS) is 11.1. The first-order valence-corrected chi connectivity index (χ1v) is 5.38. The number of hydrogen-bond donors (Lipinski definition) is 2. The van der Waals surface area contributed by atoms with Crippen molar-refractivity contribution in [2.45, 2.75) is 6.92 Å². The lowest BCUT2D eigenvalue weighted by atomic mass is 10.1. The molecule has 2 heterocycles. The molecular weight excluding hydrogens is 212 g/mol. The molecule has 0 amide bonds. The summed E-state index contributed by atoms with van der Waals surface area (Å²) in [6, 6.07) is 9.75. The van der Waals surface area contributed by atoms with Gasteiger partial charge in [0.25, 0.3) is 0 Å². The highest BCUT2D eigenvalue weighted by Crippen LogP contribution is 2.28. The van der Waals surface area contributed by atoms with Gasteiger partial charge in [-0.05, 0) is 19.1 Å². The molecular formula is C13H12N4. The highest BCUT2D eigenvalue weighted by atomic mass is 14.9. The van der Waals surface area contributed by atoms with Crippen LogP contribution in [0.5, 0.6) is 0 Å². The van der Waals surface area contributed by atoms with Crippen molar-refractivity contribution < 1.29 is 0 Å². The molecule has 4 heteroatoms. The van der Waals surface area contributed by atoms with Crippen molar-refractivity contribution in [2.75, 3.05) is 11.5 Å². The molecule has 0 atom stereocenters. The first kappa shape index (κ1) is 9.84. The molecule has 1 aromatic carbocycles. The number of nitrogen functional groups attached to an aromatic ring is 2. The molecule has 0 aliphatic heterocycles. The van der Waals surface area contributed by atoms with E-state index in [0.717, 1.165) is 27.5 Å². The Hall–Kier alpha value is -2.36. The van der Waals surface area contributed by atoms with Crippen molar-refractivity contribution in [3.8, 4) is 0 Å². The molecule has 0 fully saturated rings. The fraction of sp³-hybridized carbons (Fsp3) is 0.0769. The number of pyridine rings is 2. The first-order chi connectivity index (χ1) is 8.16. The summed E-state index contributed by atoms with van der Waals surface area (Å²) in [4.78, 5) is 8.76. The van der Waals surface area contributed by atoms with Crippen LogP contribution in [0.3, 0.4) is 0 Å². The van der Waals surface area contributed by atoms with Gasteiger partial charge < -0.3 is 11.5 Å². The Labute approximate surface area is 98.3 Å². The molecule has 17 heavy (non-hydrogen) atoms. The maximum atomic E-state index is 5.93. The fourth-order valence-electron chi connectivity index (χ4n) is 2.00. The van der Waals surface area contributed by atoms with Gasteiger partial charge in [-0.3, -0.25) is 0 Å². The maximum absolute atomic E-state index is 5.93. The molecule has 4 nitrogen and oxygen atoms in total. The summed E-state index contributed by atoms with van der Waals surface area (Å²) in [5.41, 5.74) is 14.9. The van der Waals surface area contributed by atoms with Gasteiger partial charge in [0.05, 0.1) is 16.9 Å². The third kappa shape index (κ3) is 1.38. The zero-order valence-corrected chi connectivity index (χ0v) is 9.44. The van der Waals surface area contributed by atoms with Crippen molar-refractivity contribution in [1.82, 2.24) is 9.97 Å². The van der Waals surface area contributed by atoms with Gasteiger partial charge in [-0.25, -0.2) is 9.97 Å². The third-order valence-electron chi connectivity index (χ3n) is 2.93. The van der Waals surface area contributed by atoms with Gasteiger partial charge in [0.2, 0.25) is 0 Å². The van der Waals surface area contributed by atoms with Gasteiger partial charge in [0.1, 0.15) is 5.52 Å². The topological polar surface area (TPSA) is 77.8 Å². The molecule has 2 aromatic heterocycles. The number of rotatable bonds is 0. The van der Waals surface area contributed by atoms with E-state index in [1.54, 1.807) is 0 Å². The number of aromatic nitrogens is 2. The highest BCUT2D eigenvalue weighted by molar-refractivity contribution is 6.08. The molecule has 0 spiro atoms. The largest absolute Gasteiger partial charge is 0.397 e. The summed E-state index contributed by atoms with van der Waals surface area (Å²) >= 11 is 0. The van der Waals surface area contributed by atoms with Crippen LogP contribution >= 0.6 is 0 Å². The minimum atomic E-state index is 0.446. The highest BCUT2D eigenvalue weighted by Gasteiger charge is 2.08. The first-order valence-electron chi connectivity index (χ1n) is 5.38. The van der Waals surface area contributed by atoms with Crippen molar-refractivity contribution in [3.05, 3.63) is 36.0 Å². The van der Waals surface area contributed by atoms with Crippen LogP contribution in [0, 0.1) is 6.92 Å². The van der Waals surface area contributed by atoms with E-state index in [4.69, 9.17) is 11.5 Å². The number of anilines is 2. The van der Waals surface area contributed by atoms with E-state index < -0.39 is 0 Å². The quantitative estimate of drug-likeness (QED) is 0.574. The Bertz CT molecular complexity index is 734. The van der Waals surface area contributed by atoms with Gasteiger partial charge >= 0.3 is 0 Å². The van der Waals surface area contributed by atoms with E-state index in [1.165, 1.54) is 0 Å². The van der Waals surface area contributed by atoms with Crippen LogP contribution in [-0.4, -0.2) is 9.97 Å². The number of nitrogens with two attached hydrogens (primary N) is 2. The predicted octanol–water partition coefficient (Wildman–Crippen LogP) is 2.26. The summed E-state index contributed by atoms with van der Waals surface area (Å²) in [6.07, 6.45) is 0. The van der Waals surface area contributed by atoms with Crippen molar-refractivity contribution >= 4 is 33.3 Å². The number of benzene rings is 1. The van der Waals surface area contributed by atoms with E-state index in [-0.39, 0.29) is 0 Å². The van der Waals surface area contributed by atoms with E-state index in [9.17, 15) is 0 Å². The minimum absolute atomic E-state index is 0.446. The van der Waals surface area contributed by atoms with Gasteiger partial charge in [-0.1, -0.05) is 18.2 Å². The Kier molecular flexibility index (Phi) is 1.92. The SMILES string of the molecule is Cc1nc2c(N)nc3ccccc3c2cc1N. The van der Waals surface area contributed by atoms with Crippen LogP contribution in [0.15, 0.2) is 30.3 Å². The Morgan fingerprint density at radius 3 is 2.59 bits per heavy atom. The van der Waals surface area contributed by atoms with E-state index in [2.05, 4.69) is 9.97 Å². The van der Waals surface area contributed by atoms with Gasteiger partial charge in [0, 0.05) is 10.8 Å².